The molecule has 0 saturated heterocycles. The van der Waals surface area contributed by atoms with Crippen LogP contribution in [-0.2, 0) is 0 Å². The van der Waals surface area contributed by atoms with Crippen LogP contribution in [0.4, 0.5) is 0 Å². The predicted molar refractivity (Wildman–Crippen MR) is 125 cm³/mol. The van der Waals surface area contributed by atoms with E-state index in [9.17, 15) is 0 Å². The number of hydrogen-bond donors (Lipinski definition) is 0. The van der Waals surface area contributed by atoms with Gasteiger partial charge in [-0.2, -0.15) is 0 Å². The first-order chi connectivity index (χ1) is 12.4. The molecule has 0 spiro atoms. The Morgan fingerprint density at radius 2 is 0.519 bits per heavy atom. The molecule has 0 unspecified atom stereocenters. The van der Waals surface area contributed by atoms with Crippen LogP contribution in [0, 0.1) is 0 Å². The van der Waals surface area contributed by atoms with Gasteiger partial charge in [0.25, 0.3) is 0 Å². The number of halogens is 2. The first-order valence-corrected chi connectivity index (χ1v) is 12.3. The molecule has 0 heterocycles. The van der Waals surface area contributed by atoms with Gasteiger partial charge in [0.15, 0.2) is 0 Å². The molecule has 0 nitrogen and oxygen atoms in total. The fraction of sp³-hybridized carbons (Fsp3) is 0. The van der Waals surface area contributed by atoms with Crippen LogP contribution in [-0.4, -0.2) is 13.6 Å². The van der Waals surface area contributed by atoms with Gasteiger partial charge in [0.1, 0.15) is 0 Å². The standard InChI is InChI=1S/C24H20As.ClH.HI/c1-5-13-21(14-6-1)25(22-15-7-2-8-16-22,23-17-9-3-10-18-23)24-19-11-4-12-20-24;;/h1-20H;2*1H/q+1;;/p-1. The fourth-order valence-electron chi connectivity index (χ4n) is 3.50. The van der Waals surface area contributed by atoms with Crippen LogP contribution < -0.4 is 29.8 Å². The van der Waals surface area contributed by atoms with E-state index in [0.29, 0.717) is 0 Å². The van der Waals surface area contributed by atoms with E-state index in [1.165, 1.54) is 17.4 Å². The van der Waals surface area contributed by atoms with Crippen molar-refractivity contribution in [2.24, 2.45) is 0 Å². The van der Waals surface area contributed by atoms with Gasteiger partial charge in [0.05, 0.1) is 0 Å². The van der Waals surface area contributed by atoms with Crippen molar-refractivity contribution in [3.8, 4) is 0 Å². The second-order valence-corrected chi connectivity index (χ2v) is 13.2. The Balaban J connectivity index is 0.00000131. The van der Waals surface area contributed by atoms with Crippen molar-refractivity contribution in [3.05, 3.63) is 121 Å². The topological polar surface area (TPSA) is 0 Å². The van der Waals surface area contributed by atoms with Crippen molar-refractivity contribution in [3.63, 3.8) is 0 Å². The molecule has 0 bridgehead atoms. The maximum absolute atomic E-state index is 2.77. The van der Waals surface area contributed by atoms with Crippen LogP contribution in [0.2, 0.25) is 0 Å². The molecule has 0 aliphatic heterocycles. The van der Waals surface area contributed by atoms with E-state index in [-0.39, 0.29) is 36.4 Å². The van der Waals surface area contributed by atoms with Crippen molar-refractivity contribution < 1.29 is 12.4 Å². The zero-order chi connectivity index (χ0) is 17.0. The summed E-state index contributed by atoms with van der Waals surface area (Å²) in [6.07, 6.45) is 0. The average molecular weight is 547 g/mol. The predicted octanol–water partition coefficient (Wildman–Crippen LogP) is 0.686. The number of benzene rings is 4. The molecule has 0 amide bonds. The summed E-state index contributed by atoms with van der Waals surface area (Å²) >= 11 is -2.77. The van der Waals surface area contributed by atoms with Crippen LogP contribution in [0.1, 0.15) is 0 Å². The molecule has 0 aliphatic rings. The van der Waals surface area contributed by atoms with Gasteiger partial charge in [-0.05, 0) is 0 Å². The Morgan fingerprint density at radius 1 is 0.333 bits per heavy atom. The second-order valence-electron chi connectivity index (χ2n) is 6.01. The van der Waals surface area contributed by atoms with Crippen LogP contribution in [0.25, 0.3) is 0 Å². The van der Waals surface area contributed by atoms with E-state index in [0.717, 1.165) is 0 Å². The molecule has 0 aliphatic carbocycles. The zero-order valence-corrected chi connectivity index (χ0v) is 19.7. The van der Waals surface area contributed by atoms with Crippen LogP contribution in [0.3, 0.4) is 0 Å². The van der Waals surface area contributed by atoms with Gasteiger partial charge in [-0.1, -0.05) is 0 Å². The normalized spacial score (nSPS) is 10.4. The first-order valence-electron chi connectivity index (χ1n) is 8.54. The summed E-state index contributed by atoms with van der Waals surface area (Å²) in [5, 5.41) is 0. The van der Waals surface area contributed by atoms with E-state index in [2.05, 4.69) is 121 Å². The van der Waals surface area contributed by atoms with Crippen LogP contribution in [0.5, 0.6) is 0 Å². The molecule has 0 aromatic heterocycles. The number of hydrogen-bond acceptors (Lipinski definition) is 0. The van der Waals surface area contributed by atoms with Crippen LogP contribution >= 0.6 is 24.0 Å². The maximum atomic E-state index is 2.31. The third kappa shape index (κ3) is 4.16. The average Bonchev–Trinajstić information content (AvgIpc) is 2.72. The molecule has 4 aromatic carbocycles. The van der Waals surface area contributed by atoms with Gasteiger partial charge in [-0.3, -0.25) is 0 Å². The summed E-state index contributed by atoms with van der Waals surface area (Å²) in [4.78, 5) is 0. The van der Waals surface area contributed by atoms with Crippen molar-refractivity contribution in [2.45, 2.75) is 0 Å². The Labute approximate surface area is 187 Å². The van der Waals surface area contributed by atoms with E-state index < -0.39 is 13.6 Å². The molecule has 0 N–H and O–H groups in total. The van der Waals surface area contributed by atoms with Gasteiger partial charge >= 0.3 is 152 Å². The first kappa shape index (κ1) is 21.8. The SMILES string of the molecule is I.[Cl-].c1ccc([As+](c2ccccc2)(c2ccccc2)c2ccccc2)cc1. The van der Waals surface area contributed by atoms with Gasteiger partial charge in [0, 0.05) is 0 Å². The zero-order valence-electron chi connectivity index (χ0n) is 14.8. The molecule has 0 saturated carbocycles. The minimum atomic E-state index is -2.77. The summed E-state index contributed by atoms with van der Waals surface area (Å²) in [5.41, 5.74) is 0. The van der Waals surface area contributed by atoms with Crippen molar-refractivity contribution in [1.29, 1.82) is 0 Å². The minimum absolute atomic E-state index is 0. The summed E-state index contributed by atoms with van der Waals surface area (Å²) in [7, 11) is 0. The third-order valence-corrected chi connectivity index (χ3v) is 13.6. The molecule has 3 heteroatoms. The Morgan fingerprint density at radius 3 is 0.704 bits per heavy atom. The molecule has 0 radical (unpaired) electrons. The quantitative estimate of drug-likeness (QED) is 0.261. The van der Waals surface area contributed by atoms with E-state index in [4.69, 9.17) is 0 Å². The third-order valence-electron chi connectivity index (χ3n) is 4.57. The van der Waals surface area contributed by atoms with Gasteiger partial charge in [-0.15, -0.1) is 24.0 Å². The Hall–Kier alpha value is -1.54. The van der Waals surface area contributed by atoms with Gasteiger partial charge in [0.2, 0.25) is 0 Å². The molecule has 0 atom stereocenters. The van der Waals surface area contributed by atoms with E-state index in [1.807, 2.05) is 0 Å². The summed E-state index contributed by atoms with van der Waals surface area (Å²) in [6.45, 7) is 0. The number of rotatable bonds is 4. The molecular formula is C24H21AsClI. The second kappa shape index (κ2) is 10.1. The molecule has 136 valence electrons. The summed E-state index contributed by atoms with van der Waals surface area (Å²) in [5.74, 6) is 0. The van der Waals surface area contributed by atoms with Crippen molar-refractivity contribution in [1.82, 2.24) is 0 Å². The Bertz CT molecular complexity index is 765. The van der Waals surface area contributed by atoms with Gasteiger partial charge in [-0.25, -0.2) is 0 Å². The van der Waals surface area contributed by atoms with Crippen LogP contribution in [0.15, 0.2) is 121 Å². The van der Waals surface area contributed by atoms with E-state index in [1.54, 1.807) is 0 Å². The molecule has 27 heavy (non-hydrogen) atoms. The monoisotopic (exact) mass is 546 g/mol. The molecule has 0 fully saturated rings. The van der Waals surface area contributed by atoms with E-state index >= 15 is 0 Å². The molecule has 4 aromatic rings. The molecular weight excluding hydrogens is 526 g/mol. The summed E-state index contributed by atoms with van der Waals surface area (Å²) < 4.78 is 5.79. The summed E-state index contributed by atoms with van der Waals surface area (Å²) in [6, 6.07) is 44.2. The van der Waals surface area contributed by atoms with Gasteiger partial charge < -0.3 is 12.4 Å². The molecule has 4 rings (SSSR count). The fourth-order valence-corrected chi connectivity index (χ4v) is 12.5. The van der Waals surface area contributed by atoms with Crippen molar-refractivity contribution in [2.75, 3.05) is 0 Å². The van der Waals surface area contributed by atoms with Crippen molar-refractivity contribution >= 4 is 54.9 Å². The Kier molecular flexibility index (Phi) is 8.16.